The summed E-state index contributed by atoms with van der Waals surface area (Å²) in [6, 6.07) is 0. The smallest absolute Gasteiger partial charge is 0.273 e. The van der Waals surface area contributed by atoms with E-state index in [9.17, 15) is 31.2 Å². The van der Waals surface area contributed by atoms with Gasteiger partial charge in [0.05, 0.1) is 13.2 Å². The van der Waals surface area contributed by atoms with E-state index in [1.54, 1.807) is 0 Å². The van der Waals surface area contributed by atoms with Crippen molar-refractivity contribution in [1.29, 1.82) is 0 Å². The van der Waals surface area contributed by atoms with Gasteiger partial charge in [0.25, 0.3) is 11.8 Å². The topological polar surface area (TPSA) is 80.8 Å². The lowest BCUT2D eigenvalue weighted by Crippen LogP contribution is -2.35. The number of alkyl halides is 3. The van der Waals surface area contributed by atoms with E-state index in [0.717, 1.165) is 12.2 Å². The molecule has 6 nitrogen and oxygen atoms in total. The summed E-state index contributed by atoms with van der Waals surface area (Å²) in [5.41, 5.74) is -5.52. The third-order valence-corrected chi connectivity index (χ3v) is 2.78. The van der Waals surface area contributed by atoms with E-state index in [2.05, 4.69) is 4.18 Å². The van der Waals surface area contributed by atoms with Gasteiger partial charge in [-0.2, -0.15) is 21.6 Å². The van der Waals surface area contributed by atoms with Crippen LogP contribution in [0.15, 0.2) is 12.2 Å². The van der Waals surface area contributed by atoms with Crippen LogP contribution in [0.3, 0.4) is 0 Å². The molecule has 0 fully saturated rings. The van der Waals surface area contributed by atoms with Gasteiger partial charge in [0.2, 0.25) is 0 Å². The van der Waals surface area contributed by atoms with Crippen molar-refractivity contribution in [2.45, 2.75) is 5.51 Å². The quantitative estimate of drug-likeness (QED) is 0.402. The Bertz CT molecular complexity index is 448. The third kappa shape index (κ3) is 3.03. The molecule has 0 N–H and O–H groups in total. The number of amides is 2. The molecule has 17 heavy (non-hydrogen) atoms. The maximum Gasteiger partial charge on any atom is 0.523 e. The molecule has 0 saturated heterocycles. The zero-order valence-electron chi connectivity index (χ0n) is 8.10. The number of hydrogen-bond donors (Lipinski definition) is 0. The molecule has 1 aliphatic rings. The average molecular weight is 273 g/mol. The fourth-order valence-electron chi connectivity index (χ4n) is 0.957. The second-order valence-corrected chi connectivity index (χ2v) is 4.49. The van der Waals surface area contributed by atoms with Gasteiger partial charge < -0.3 is 0 Å². The van der Waals surface area contributed by atoms with Crippen LogP contribution >= 0.6 is 0 Å². The molecule has 10 heteroatoms. The van der Waals surface area contributed by atoms with E-state index < -0.39 is 40.6 Å². The van der Waals surface area contributed by atoms with Crippen LogP contribution in [0.5, 0.6) is 0 Å². The minimum Gasteiger partial charge on any atom is -0.273 e. The number of imide groups is 1. The van der Waals surface area contributed by atoms with Crippen LogP contribution in [-0.4, -0.2) is 43.8 Å². The van der Waals surface area contributed by atoms with Crippen LogP contribution in [0.25, 0.3) is 0 Å². The lowest BCUT2D eigenvalue weighted by atomic mass is 10.5. The summed E-state index contributed by atoms with van der Waals surface area (Å²) in [4.78, 5) is 22.4. The van der Waals surface area contributed by atoms with Crippen molar-refractivity contribution in [3.05, 3.63) is 12.2 Å². The van der Waals surface area contributed by atoms with E-state index in [1.165, 1.54) is 0 Å². The van der Waals surface area contributed by atoms with E-state index in [4.69, 9.17) is 0 Å². The maximum atomic E-state index is 11.8. The number of hydrogen-bond acceptors (Lipinski definition) is 5. The summed E-state index contributed by atoms with van der Waals surface area (Å²) in [6.45, 7) is -1.51. The van der Waals surface area contributed by atoms with Gasteiger partial charge in [-0.25, -0.2) is 0 Å². The molecule has 0 aromatic heterocycles. The SMILES string of the molecule is O=C1C=CC(=O)N1CCOS(=O)(=O)C(F)(F)F. The van der Waals surface area contributed by atoms with Crippen molar-refractivity contribution < 1.29 is 35.4 Å². The molecule has 0 aliphatic carbocycles. The summed E-state index contributed by atoms with van der Waals surface area (Å²) in [7, 11) is -5.69. The van der Waals surface area contributed by atoms with Crippen molar-refractivity contribution >= 4 is 21.9 Å². The van der Waals surface area contributed by atoms with Gasteiger partial charge in [-0.15, -0.1) is 0 Å². The minimum atomic E-state index is -5.69. The molecule has 0 atom stereocenters. The molecule has 1 heterocycles. The molecule has 1 aliphatic heterocycles. The monoisotopic (exact) mass is 273 g/mol. The predicted molar refractivity (Wildman–Crippen MR) is 46.8 cm³/mol. The highest BCUT2D eigenvalue weighted by atomic mass is 32.2. The molecule has 96 valence electrons. The van der Waals surface area contributed by atoms with Crippen molar-refractivity contribution in [3.63, 3.8) is 0 Å². The van der Waals surface area contributed by atoms with Crippen LogP contribution in [0.4, 0.5) is 13.2 Å². The molecule has 0 spiro atoms. The largest absolute Gasteiger partial charge is 0.523 e. The molecule has 2 amide bonds. The van der Waals surface area contributed by atoms with Crippen LogP contribution in [-0.2, 0) is 23.9 Å². The third-order valence-electron chi connectivity index (χ3n) is 1.74. The number of nitrogens with zero attached hydrogens (tertiary/aromatic N) is 1. The summed E-state index contributed by atoms with van der Waals surface area (Å²) < 4.78 is 59.9. The molecular formula is C7H6F3NO5S. The minimum absolute atomic E-state index is 0.561. The number of halogens is 3. The highest BCUT2D eigenvalue weighted by Gasteiger charge is 2.47. The van der Waals surface area contributed by atoms with Gasteiger partial charge in [0.15, 0.2) is 0 Å². The zero-order valence-corrected chi connectivity index (χ0v) is 8.92. The highest BCUT2D eigenvalue weighted by molar-refractivity contribution is 7.87. The van der Waals surface area contributed by atoms with Crippen LogP contribution in [0.1, 0.15) is 0 Å². The van der Waals surface area contributed by atoms with Crippen molar-refractivity contribution in [3.8, 4) is 0 Å². The zero-order chi connectivity index (χ0) is 13.3. The van der Waals surface area contributed by atoms with Gasteiger partial charge in [-0.1, -0.05) is 0 Å². The molecular weight excluding hydrogens is 267 g/mol. The number of carbonyl (C=O) groups excluding carboxylic acids is 2. The van der Waals surface area contributed by atoms with E-state index in [0.29, 0.717) is 4.90 Å². The van der Waals surface area contributed by atoms with Crippen molar-refractivity contribution in [2.75, 3.05) is 13.2 Å². The van der Waals surface area contributed by atoms with Gasteiger partial charge in [0, 0.05) is 12.2 Å². The van der Waals surface area contributed by atoms with Crippen LogP contribution in [0.2, 0.25) is 0 Å². The van der Waals surface area contributed by atoms with Crippen LogP contribution < -0.4 is 0 Å². The van der Waals surface area contributed by atoms with E-state index in [-0.39, 0.29) is 0 Å². The maximum absolute atomic E-state index is 11.8. The molecule has 0 aromatic carbocycles. The molecule has 1 rings (SSSR count). The molecule has 0 aromatic rings. The fourth-order valence-corrected chi connectivity index (χ4v) is 1.38. The summed E-state index contributed by atoms with van der Waals surface area (Å²) in [5, 5.41) is 0. The Morgan fingerprint density at radius 1 is 1.18 bits per heavy atom. The second kappa shape index (κ2) is 4.45. The Morgan fingerprint density at radius 2 is 1.65 bits per heavy atom. The normalized spacial score (nSPS) is 17.0. The van der Waals surface area contributed by atoms with Crippen molar-refractivity contribution in [2.24, 2.45) is 0 Å². The molecule has 0 bridgehead atoms. The molecule has 0 saturated carbocycles. The van der Waals surface area contributed by atoms with E-state index >= 15 is 0 Å². The van der Waals surface area contributed by atoms with Crippen molar-refractivity contribution in [1.82, 2.24) is 4.90 Å². The Morgan fingerprint density at radius 3 is 2.06 bits per heavy atom. The van der Waals surface area contributed by atoms with Gasteiger partial charge in [-0.3, -0.25) is 18.7 Å². The standard InChI is InChI=1S/C7H6F3NO5S/c8-7(9,10)17(14,15)16-4-3-11-5(12)1-2-6(11)13/h1-2H,3-4H2. The Labute approximate surface area is 93.8 Å². The van der Waals surface area contributed by atoms with Crippen LogP contribution in [0, 0.1) is 0 Å². The first-order valence-corrected chi connectivity index (χ1v) is 5.55. The first-order chi connectivity index (χ1) is 7.65. The van der Waals surface area contributed by atoms with Gasteiger partial charge in [-0.05, 0) is 0 Å². The summed E-state index contributed by atoms with van der Waals surface area (Å²) >= 11 is 0. The first-order valence-electron chi connectivity index (χ1n) is 4.14. The number of rotatable bonds is 4. The molecule has 0 unspecified atom stereocenters. The lowest BCUT2D eigenvalue weighted by molar-refractivity contribution is -0.137. The van der Waals surface area contributed by atoms with Gasteiger partial charge >= 0.3 is 15.6 Å². The highest BCUT2D eigenvalue weighted by Crippen LogP contribution is 2.24. The molecule has 0 radical (unpaired) electrons. The lowest BCUT2D eigenvalue weighted by Gasteiger charge is -2.14. The Kier molecular flexibility index (Phi) is 3.57. The van der Waals surface area contributed by atoms with Gasteiger partial charge in [0.1, 0.15) is 0 Å². The van der Waals surface area contributed by atoms with E-state index in [1.807, 2.05) is 0 Å². The average Bonchev–Trinajstić information content (AvgIpc) is 2.47. The Balaban J connectivity index is 2.50. The Hall–Kier alpha value is -1.42. The first kappa shape index (κ1) is 13.6. The summed E-state index contributed by atoms with van der Waals surface area (Å²) in [5.74, 6) is -1.47. The second-order valence-electron chi connectivity index (χ2n) is 2.88. The fraction of sp³-hybridized carbons (Fsp3) is 0.429. The number of carbonyl (C=O) groups is 2. The predicted octanol–water partition coefficient (Wildman–Crippen LogP) is -0.222. The summed E-state index contributed by atoms with van der Waals surface area (Å²) in [6.07, 6.45) is 1.83.